The van der Waals surface area contributed by atoms with Gasteiger partial charge in [0.25, 0.3) is 0 Å². The molecule has 0 N–H and O–H groups in total. The minimum absolute atomic E-state index is 0. The molecule has 0 saturated heterocycles. The Hall–Kier alpha value is -4.51. The third-order valence-electron chi connectivity index (χ3n) is 7.28. The predicted molar refractivity (Wildman–Crippen MR) is 180 cm³/mol. The van der Waals surface area contributed by atoms with Crippen LogP contribution in [0.25, 0.3) is 55.5 Å². The summed E-state index contributed by atoms with van der Waals surface area (Å²) in [6.07, 6.45) is 11.6. The van der Waals surface area contributed by atoms with E-state index in [0.717, 1.165) is 61.4 Å². The number of aromatic nitrogens is 6. The molecule has 236 valence electrons. The van der Waals surface area contributed by atoms with Crippen LogP contribution in [0.4, 0.5) is 0 Å². The van der Waals surface area contributed by atoms with Crippen LogP contribution in [-0.2, 0) is 0 Å². The molecule has 0 atom stereocenters. The fourth-order valence-corrected chi connectivity index (χ4v) is 5.14. The summed E-state index contributed by atoms with van der Waals surface area (Å²) in [5.74, 6) is 0.833. The Labute approximate surface area is 285 Å². The number of furan rings is 2. The lowest BCUT2D eigenvalue weighted by molar-refractivity contribution is -0.715. The number of nitrogens with zero attached hydrogens (tertiary/aromatic N) is 6. The lowest BCUT2D eigenvalue weighted by atomic mass is 10.1. The predicted octanol–water partition coefficient (Wildman–Crippen LogP) is 6.09. The minimum atomic E-state index is 0. The fourth-order valence-electron chi connectivity index (χ4n) is 5.14. The number of rotatable bonds is 3. The van der Waals surface area contributed by atoms with Gasteiger partial charge >= 0.3 is 0 Å². The molecule has 0 unspecified atom stereocenters. The van der Waals surface area contributed by atoms with E-state index in [1.54, 1.807) is 12.5 Å². The van der Waals surface area contributed by atoms with E-state index < -0.39 is 0 Å². The van der Waals surface area contributed by atoms with E-state index in [1.165, 1.54) is 0 Å². The van der Waals surface area contributed by atoms with Crippen LogP contribution < -0.4 is 28.5 Å². The SMILES string of the molecule is CC(C)C.Cc1ccc2c(n1)oc1c(-n3cc[n+](C(C)C)c3)cccc12.Cc1ccc2c(n1)oc1c(-n3ccnc3)cccc12.[I-]. The average molecular weight is 727 g/mol. The van der Waals surface area contributed by atoms with E-state index in [2.05, 4.69) is 114 Å². The van der Waals surface area contributed by atoms with Crippen molar-refractivity contribution in [2.24, 2.45) is 5.92 Å². The van der Waals surface area contributed by atoms with Gasteiger partial charge in [0.05, 0.1) is 18.1 Å². The summed E-state index contributed by atoms with van der Waals surface area (Å²) in [6.45, 7) is 14.8. The first kappa shape index (κ1) is 32.9. The number of pyridine rings is 2. The molecule has 2 aromatic carbocycles. The number of fused-ring (bicyclic) bond motifs is 6. The van der Waals surface area contributed by atoms with Crippen molar-refractivity contribution >= 4 is 44.1 Å². The summed E-state index contributed by atoms with van der Waals surface area (Å²) in [6, 6.07) is 20.9. The largest absolute Gasteiger partial charge is 1.00 e. The van der Waals surface area contributed by atoms with Crippen molar-refractivity contribution in [2.45, 2.75) is 54.5 Å². The molecule has 0 amide bonds. The molecule has 0 saturated carbocycles. The molecule has 9 heteroatoms. The lowest BCUT2D eigenvalue weighted by Crippen LogP contribution is -3.00. The van der Waals surface area contributed by atoms with Crippen molar-refractivity contribution in [1.82, 2.24) is 24.1 Å². The summed E-state index contributed by atoms with van der Waals surface area (Å²) in [7, 11) is 0. The average Bonchev–Trinajstić information content (AvgIpc) is 3.81. The molecule has 8 rings (SSSR count). The molecule has 0 radical (unpaired) electrons. The minimum Gasteiger partial charge on any atom is -1.00 e. The van der Waals surface area contributed by atoms with Crippen LogP contribution in [0.3, 0.4) is 0 Å². The van der Waals surface area contributed by atoms with Gasteiger partial charge in [0, 0.05) is 45.3 Å². The van der Waals surface area contributed by atoms with Gasteiger partial charge in [-0.2, -0.15) is 4.57 Å². The van der Waals surface area contributed by atoms with E-state index >= 15 is 0 Å². The molecule has 0 aliphatic rings. The van der Waals surface area contributed by atoms with Gasteiger partial charge in [-0.15, -0.1) is 0 Å². The quantitative estimate of drug-likeness (QED) is 0.163. The van der Waals surface area contributed by atoms with Gasteiger partial charge < -0.3 is 37.4 Å². The highest BCUT2D eigenvalue weighted by Gasteiger charge is 2.17. The normalized spacial score (nSPS) is 11.2. The molecule has 8 aromatic rings. The topological polar surface area (TPSA) is 78.7 Å². The molecule has 6 aromatic heterocycles. The van der Waals surface area contributed by atoms with Crippen molar-refractivity contribution < 1.29 is 37.4 Å². The summed E-state index contributed by atoms with van der Waals surface area (Å²) < 4.78 is 18.2. The van der Waals surface area contributed by atoms with Gasteiger partial charge in [-0.25, -0.2) is 19.5 Å². The molecule has 46 heavy (non-hydrogen) atoms. The number of para-hydroxylation sites is 2. The van der Waals surface area contributed by atoms with Crippen molar-refractivity contribution in [3.8, 4) is 11.4 Å². The van der Waals surface area contributed by atoms with E-state index in [4.69, 9.17) is 8.83 Å². The molecular formula is C37H39IN6O2. The first-order chi connectivity index (χ1) is 21.7. The first-order valence-electron chi connectivity index (χ1n) is 15.3. The van der Waals surface area contributed by atoms with E-state index in [0.29, 0.717) is 17.5 Å². The van der Waals surface area contributed by atoms with Gasteiger partial charge in [-0.05, 0) is 70.0 Å². The monoisotopic (exact) mass is 726 g/mol. The summed E-state index contributed by atoms with van der Waals surface area (Å²) in [5, 5.41) is 4.28. The second-order valence-electron chi connectivity index (χ2n) is 12.2. The molecule has 6 heterocycles. The molecule has 0 spiro atoms. The highest BCUT2D eigenvalue weighted by Crippen LogP contribution is 2.33. The van der Waals surface area contributed by atoms with Crippen LogP contribution >= 0.6 is 0 Å². The summed E-state index contributed by atoms with van der Waals surface area (Å²) in [4.78, 5) is 13.0. The standard InChI is InChI=1S/C18H18N3O.C15H11N3O.C4H10.HI/c1-12(2)20-9-10-21(11-20)16-6-4-5-14-15-8-7-13(3)19-18(15)22-17(14)16;1-10-5-6-12-11-3-2-4-13(18-8-7-16-9-18)14(11)19-15(12)17-10;1-4(2)3;/h4-12H,1-3H3;2-9H,1H3;4H,1-3H3;1H/q+1;;;/p-1. The highest BCUT2D eigenvalue weighted by molar-refractivity contribution is 6.07. The Kier molecular flexibility index (Phi) is 9.91. The molecular weight excluding hydrogens is 687 g/mol. The molecule has 8 nitrogen and oxygen atoms in total. The zero-order valence-corrected chi connectivity index (χ0v) is 29.4. The van der Waals surface area contributed by atoms with Crippen LogP contribution in [-0.4, -0.2) is 24.1 Å². The maximum Gasteiger partial charge on any atom is 0.249 e. The summed E-state index contributed by atoms with van der Waals surface area (Å²) in [5.41, 5.74) is 7.03. The second-order valence-corrected chi connectivity index (χ2v) is 12.2. The smallest absolute Gasteiger partial charge is 0.249 e. The van der Waals surface area contributed by atoms with Crippen molar-refractivity contribution in [3.63, 3.8) is 0 Å². The maximum absolute atomic E-state index is 6.05. The Morgan fingerprint density at radius 1 is 0.652 bits per heavy atom. The van der Waals surface area contributed by atoms with Gasteiger partial charge in [-0.3, -0.25) is 0 Å². The first-order valence-corrected chi connectivity index (χ1v) is 15.3. The number of halogens is 1. The Morgan fingerprint density at radius 3 is 1.63 bits per heavy atom. The Morgan fingerprint density at radius 2 is 1.17 bits per heavy atom. The van der Waals surface area contributed by atoms with Crippen LogP contribution in [0.2, 0.25) is 0 Å². The van der Waals surface area contributed by atoms with Gasteiger partial charge in [0.2, 0.25) is 17.8 Å². The zero-order valence-electron chi connectivity index (χ0n) is 27.3. The highest BCUT2D eigenvalue weighted by atomic mass is 127. The lowest BCUT2D eigenvalue weighted by Gasteiger charge is -2.01. The van der Waals surface area contributed by atoms with Crippen LogP contribution in [0.1, 0.15) is 52.0 Å². The molecule has 0 fully saturated rings. The molecule has 0 aliphatic heterocycles. The van der Waals surface area contributed by atoms with Gasteiger partial charge in [-0.1, -0.05) is 45.0 Å². The zero-order chi connectivity index (χ0) is 31.7. The Bertz CT molecular complexity index is 2220. The van der Waals surface area contributed by atoms with Crippen LogP contribution in [0.5, 0.6) is 0 Å². The third kappa shape index (κ3) is 6.69. The van der Waals surface area contributed by atoms with E-state index in [9.17, 15) is 0 Å². The van der Waals surface area contributed by atoms with E-state index in [1.807, 2.05) is 48.9 Å². The number of aryl methyl sites for hydroxylation is 2. The second kappa shape index (κ2) is 13.9. The molecule has 0 bridgehead atoms. The van der Waals surface area contributed by atoms with Gasteiger partial charge in [0.15, 0.2) is 16.9 Å². The Balaban J connectivity index is 0.000000161. The van der Waals surface area contributed by atoms with Crippen molar-refractivity contribution in [1.29, 1.82) is 0 Å². The third-order valence-corrected chi connectivity index (χ3v) is 7.28. The maximum atomic E-state index is 6.05. The molecule has 0 aliphatic carbocycles. The fraction of sp³-hybridized carbons (Fsp3) is 0.243. The van der Waals surface area contributed by atoms with Gasteiger partial charge in [0.1, 0.15) is 12.4 Å². The van der Waals surface area contributed by atoms with Crippen LogP contribution in [0, 0.1) is 19.8 Å². The number of hydrogen-bond donors (Lipinski definition) is 0. The van der Waals surface area contributed by atoms with Crippen LogP contribution in [0.15, 0.2) is 107 Å². The number of benzene rings is 2. The van der Waals surface area contributed by atoms with Crippen molar-refractivity contribution in [3.05, 3.63) is 109 Å². The number of imidazole rings is 2. The summed E-state index contributed by atoms with van der Waals surface area (Å²) >= 11 is 0. The van der Waals surface area contributed by atoms with E-state index in [-0.39, 0.29) is 24.0 Å². The van der Waals surface area contributed by atoms with Crippen molar-refractivity contribution in [2.75, 3.05) is 0 Å². The number of hydrogen-bond acceptors (Lipinski definition) is 5.